The average Bonchev–Trinajstić information content (AvgIpc) is 2.67. The number of fused-ring (bicyclic) bond motifs is 1. The summed E-state index contributed by atoms with van der Waals surface area (Å²) >= 11 is 0. The van der Waals surface area contributed by atoms with Crippen molar-refractivity contribution in [1.29, 1.82) is 0 Å². The number of anilines is 1. The molecule has 0 amide bonds. The highest BCUT2D eigenvalue weighted by molar-refractivity contribution is 5.99. The molecule has 0 unspecified atom stereocenters. The molecule has 0 aliphatic heterocycles. The zero-order chi connectivity index (χ0) is 14.0. The van der Waals surface area contributed by atoms with E-state index >= 15 is 0 Å². The largest absolute Gasteiger partial charge is 0.486 e. The highest BCUT2D eigenvalue weighted by atomic mass is 16.6. The van der Waals surface area contributed by atoms with Crippen molar-refractivity contribution in [3.8, 4) is 5.75 Å². The molecule has 5 heteroatoms. The standard InChI is InChI=1S/C14H17NO4/c1-4-17-14(16)13-12(18-8(2)3)10-7-9(15)5-6-11(10)19-13/h5-8H,4,15H2,1-3H3. The van der Waals surface area contributed by atoms with Crippen LogP contribution >= 0.6 is 0 Å². The fourth-order valence-corrected chi connectivity index (χ4v) is 1.78. The molecular formula is C14H17NO4. The number of furan rings is 1. The number of nitrogen functional groups attached to an aromatic ring is 1. The molecule has 0 saturated heterocycles. The Kier molecular flexibility index (Phi) is 3.64. The van der Waals surface area contributed by atoms with Crippen LogP contribution in [-0.4, -0.2) is 18.7 Å². The van der Waals surface area contributed by atoms with Crippen LogP contribution in [0.25, 0.3) is 11.0 Å². The first kappa shape index (κ1) is 13.3. The van der Waals surface area contributed by atoms with Crippen LogP contribution < -0.4 is 10.5 Å². The number of hydrogen-bond donors (Lipinski definition) is 1. The molecule has 0 spiro atoms. The quantitative estimate of drug-likeness (QED) is 0.678. The zero-order valence-corrected chi connectivity index (χ0v) is 11.2. The minimum atomic E-state index is -0.534. The zero-order valence-electron chi connectivity index (χ0n) is 11.2. The Labute approximate surface area is 111 Å². The number of rotatable bonds is 4. The maximum Gasteiger partial charge on any atom is 0.378 e. The first-order valence-corrected chi connectivity index (χ1v) is 6.18. The Morgan fingerprint density at radius 2 is 2.16 bits per heavy atom. The van der Waals surface area contributed by atoms with Crippen LogP contribution in [0.4, 0.5) is 5.69 Å². The number of ether oxygens (including phenoxy) is 2. The SMILES string of the molecule is CCOC(=O)c1oc2ccc(N)cc2c1OC(C)C. The molecule has 0 saturated carbocycles. The van der Waals surface area contributed by atoms with Gasteiger partial charge in [-0.05, 0) is 39.0 Å². The van der Waals surface area contributed by atoms with Gasteiger partial charge in [-0.3, -0.25) is 0 Å². The van der Waals surface area contributed by atoms with Crippen LogP contribution in [0.15, 0.2) is 22.6 Å². The first-order valence-electron chi connectivity index (χ1n) is 6.18. The van der Waals surface area contributed by atoms with Gasteiger partial charge in [-0.25, -0.2) is 4.79 Å². The summed E-state index contributed by atoms with van der Waals surface area (Å²) in [5.74, 6) is -0.0696. The summed E-state index contributed by atoms with van der Waals surface area (Å²) in [6.45, 7) is 5.76. The van der Waals surface area contributed by atoms with Crippen LogP contribution in [0.2, 0.25) is 0 Å². The van der Waals surface area contributed by atoms with Crippen molar-refractivity contribution in [3.05, 3.63) is 24.0 Å². The van der Waals surface area contributed by atoms with Gasteiger partial charge in [0.2, 0.25) is 0 Å². The molecule has 0 atom stereocenters. The third kappa shape index (κ3) is 2.65. The summed E-state index contributed by atoms with van der Waals surface area (Å²) in [7, 11) is 0. The van der Waals surface area contributed by atoms with Gasteiger partial charge in [0.15, 0.2) is 5.75 Å². The molecule has 0 radical (unpaired) electrons. The molecule has 0 fully saturated rings. The van der Waals surface area contributed by atoms with Gasteiger partial charge in [-0.1, -0.05) is 0 Å². The minimum Gasteiger partial charge on any atom is -0.486 e. The average molecular weight is 263 g/mol. The fraction of sp³-hybridized carbons (Fsp3) is 0.357. The highest BCUT2D eigenvalue weighted by Crippen LogP contribution is 2.35. The highest BCUT2D eigenvalue weighted by Gasteiger charge is 2.24. The summed E-state index contributed by atoms with van der Waals surface area (Å²) < 4.78 is 16.2. The Morgan fingerprint density at radius 3 is 2.79 bits per heavy atom. The Balaban J connectivity index is 2.58. The lowest BCUT2D eigenvalue weighted by atomic mass is 10.2. The molecule has 1 aromatic heterocycles. The second-order valence-corrected chi connectivity index (χ2v) is 4.40. The number of carbonyl (C=O) groups is 1. The van der Waals surface area contributed by atoms with Crippen molar-refractivity contribution in [3.63, 3.8) is 0 Å². The molecule has 2 N–H and O–H groups in total. The number of benzene rings is 1. The van der Waals surface area contributed by atoms with E-state index in [1.54, 1.807) is 25.1 Å². The Bertz CT molecular complexity index is 601. The molecule has 2 aromatic rings. The van der Waals surface area contributed by atoms with Gasteiger partial charge in [0.1, 0.15) is 5.58 Å². The molecule has 1 aromatic carbocycles. The molecule has 19 heavy (non-hydrogen) atoms. The van der Waals surface area contributed by atoms with Gasteiger partial charge in [0, 0.05) is 5.69 Å². The molecule has 0 aliphatic carbocycles. The van der Waals surface area contributed by atoms with Gasteiger partial charge in [-0.15, -0.1) is 0 Å². The fourth-order valence-electron chi connectivity index (χ4n) is 1.78. The van der Waals surface area contributed by atoms with E-state index < -0.39 is 5.97 Å². The molecule has 1 heterocycles. The summed E-state index contributed by atoms with van der Waals surface area (Å²) in [4.78, 5) is 11.9. The van der Waals surface area contributed by atoms with Gasteiger partial charge >= 0.3 is 5.97 Å². The molecule has 0 bridgehead atoms. The van der Waals surface area contributed by atoms with E-state index in [1.165, 1.54) is 0 Å². The summed E-state index contributed by atoms with van der Waals surface area (Å²) in [5.41, 5.74) is 6.88. The second-order valence-electron chi connectivity index (χ2n) is 4.40. The summed E-state index contributed by atoms with van der Waals surface area (Å²) in [6.07, 6.45) is -0.0876. The monoisotopic (exact) mass is 263 g/mol. The van der Waals surface area contributed by atoms with E-state index in [0.29, 0.717) is 22.4 Å². The third-order valence-electron chi connectivity index (χ3n) is 2.48. The predicted molar refractivity (Wildman–Crippen MR) is 72.3 cm³/mol. The van der Waals surface area contributed by atoms with Crippen molar-refractivity contribution in [2.45, 2.75) is 26.9 Å². The van der Waals surface area contributed by atoms with Crippen molar-refractivity contribution in [2.24, 2.45) is 0 Å². The number of carbonyl (C=O) groups excluding carboxylic acids is 1. The van der Waals surface area contributed by atoms with E-state index in [9.17, 15) is 4.79 Å². The lowest BCUT2D eigenvalue weighted by Crippen LogP contribution is -2.10. The molecular weight excluding hydrogens is 246 g/mol. The number of hydrogen-bond acceptors (Lipinski definition) is 5. The molecule has 0 aliphatic rings. The summed E-state index contributed by atoms with van der Waals surface area (Å²) in [6, 6.07) is 5.14. The smallest absolute Gasteiger partial charge is 0.378 e. The number of esters is 1. The van der Waals surface area contributed by atoms with Gasteiger partial charge < -0.3 is 19.6 Å². The van der Waals surface area contributed by atoms with Gasteiger partial charge in [0.25, 0.3) is 5.76 Å². The minimum absolute atomic E-state index is 0.0798. The van der Waals surface area contributed by atoms with E-state index in [1.807, 2.05) is 13.8 Å². The molecule has 5 nitrogen and oxygen atoms in total. The van der Waals surface area contributed by atoms with Crippen molar-refractivity contribution >= 4 is 22.6 Å². The first-order chi connectivity index (χ1) is 9.02. The van der Waals surface area contributed by atoms with Crippen molar-refractivity contribution < 1.29 is 18.7 Å². The van der Waals surface area contributed by atoms with Gasteiger partial charge in [0.05, 0.1) is 18.1 Å². The van der Waals surface area contributed by atoms with E-state index in [-0.39, 0.29) is 18.5 Å². The van der Waals surface area contributed by atoms with Gasteiger partial charge in [-0.2, -0.15) is 0 Å². The van der Waals surface area contributed by atoms with Crippen molar-refractivity contribution in [2.75, 3.05) is 12.3 Å². The topological polar surface area (TPSA) is 74.7 Å². The molecule has 102 valence electrons. The van der Waals surface area contributed by atoms with Crippen LogP contribution in [-0.2, 0) is 4.74 Å². The van der Waals surface area contributed by atoms with Crippen LogP contribution in [0.1, 0.15) is 31.3 Å². The van der Waals surface area contributed by atoms with Crippen LogP contribution in [0.5, 0.6) is 5.75 Å². The maximum atomic E-state index is 11.9. The van der Waals surface area contributed by atoms with E-state index in [2.05, 4.69) is 0 Å². The van der Waals surface area contributed by atoms with E-state index in [0.717, 1.165) is 0 Å². The predicted octanol–water partition coefficient (Wildman–Crippen LogP) is 2.98. The van der Waals surface area contributed by atoms with Crippen LogP contribution in [0, 0.1) is 0 Å². The normalized spacial score (nSPS) is 10.9. The Morgan fingerprint density at radius 1 is 1.42 bits per heavy atom. The maximum absolute atomic E-state index is 11.9. The number of nitrogens with two attached hydrogens (primary N) is 1. The second kappa shape index (κ2) is 5.22. The summed E-state index contributed by atoms with van der Waals surface area (Å²) in [5, 5.41) is 0.678. The third-order valence-corrected chi connectivity index (χ3v) is 2.48. The van der Waals surface area contributed by atoms with Crippen LogP contribution in [0.3, 0.4) is 0 Å². The Hall–Kier alpha value is -2.17. The molecule has 2 rings (SSSR count). The van der Waals surface area contributed by atoms with E-state index in [4.69, 9.17) is 19.6 Å². The lowest BCUT2D eigenvalue weighted by Gasteiger charge is -2.09. The van der Waals surface area contributed by atoms with Crippen molar-refractivity contribution in [1.82, 2.24) is 0 Å². The lowest BCUT2D eigenvalue weighted by molar-refractivity contribution is 0.0484.